The topological polar surface area (TPSA) is 112 Å². The number of benzene rings is 2. The molecule has 0 bridgehead atoms. The van der Waals surface area contributed by atoms with Gasteiger partial charge in [-0.2, -0.15) is 0 Å². The van der Waals surface area contributed by atoms with Crippen molar-refractivity contribution >= 4 is 17.4 Å². The van der Waals surface area contributed by atoms with E-state index in [-0.39, 0.29) is 11.3 Å². The quantitative estimate of drug-likeness (QED) is 0.146. The first kappa shape index (κ1) is 28.1. The molecule has 1 atom stereocenters. The second-order valence-corrected chi connectivity index (χ2v) is 9.97. The van der Waals surface area contributed by atoms with E-state index in [4.69, 9.17) is 18.9 Å². The Morgan fingerprint density at radius 2 is 1.85 bits per heavy atom. The molecule has 2 aliphatic heterocycles. The third kappa shape index (κ3) is 6.01. The molecule has 41 heavy (non-hydrogen) atoms. The molecule has 10 heteroatoms. The van der Waals surface area contributed by atoms with Crippen LogP contribution in [-0.2, 0) is 16.1 Å². The van der Waals surface area contributed by atoms with Gasteiger partial charge in [-0.1, -0.05) is 25.8 Å². The van der Waals surface area contributed by atoms with E-state index in [2.05, 4.69) is 11.9 Å². The molecule has 1 amide bonds. The fourth-order valence-electron chi connectivity index (χ4n) is 5.15. The average molecular weight is 562 g/mol. The molecular weight excluding hydrogens is 526 g/mol. The van der Waals surface area contributed by atoms with Crippen molar-refractivity contribution in [2.75, 3.05) is 33.5 Å². The highest BCUT2D eigenvalue weighted by Gasteiger charge is 2.46. The third-order valence-electron chi connectivity index (χ3n) is 7.24. The van der Waals surface area contributed by atoms with E-state index >= 15 is 0 Å². The number of nitrogens with zero attached hydrogens (tertiary/aromatic N) is 3. The molecule has 5 rings (SSSR count). The van der Waals surface area contributed by atoms with E-state index in [9.17, 15) is 14.7 Å². The van der Waals surface area contributed by atoms with E-state index in [1.54, 1.807) is 50.0 Å². The van der Waals surface area contributed by atoms with Gasteiger partial charge >= 0.3 is 0 Å². The molecule has 0 saturated carbocycles. The van der Waals surface area contributed by atoms with Gasteiger partial charge in [-0.25, -0.2) is 4.98 Å². The van der Waals surface area contributed by atoms with Gasteiger partial charge in [0.2, 0.25) is 0 Å². The zero-order valence-electron chi connectivity index (χ0n) is 23.4. The normalized spacial score (nSPS) is 17.6. The molecule has 1 saturated heterocycles. The number of methoxy groups -OCH3 is 1. The molecule has 2 aromatic carbocycles. The van der Waals surface area contributed by atoms with E-state index < -0.39 is 17.7 Å². The lowest BCUT2D eigenvalue weighted by Crippen LogP contribution is -2.31. The standard InChI is InChI=1S/C31H35N3O7/c1-3-4-5-15-39-23-9-7-21(18-25(23)38-2)28-27(29(35)22-8-10-24-26(19-22)41-17-16-40-24)30(36)31(37)34(28)13-6-12-33-14-11-32-20-33/h7-11,14,18-20,28,35H,3-6,12-13,15-17H2,1-2H3/t28-/m1/s1. The third-order valence-corrected chi connectivity index (χ3v) is 7.24. The van der Waals surface area contributed by atoms with Gasteiger partial charge in [0.1, 0.15) is 19.0 Å². The molecule has 216 valence electrons. The molecule has 0 unspecified atom stereocenters. The first-order valence-electron chi connectivity index (χ1n) is 14.0. The number of aliphatic hydroxyl groups is 1. The summed E-state index contributed by atoms with van der Waals surface area (Å²) in [7, 11) is 1.55. The van der Waals surface area contributed by atoms with Crippen molar-refractivity contribution in [1.29, 1.82) is 0 Å². The van der Waals surface area contributed by atoms with Crippen LogP contribution in [-0.4, -0.2) is 64.7 Å². The number of fused-ring (bicyclic) bond motifs is 1. The summed E-state index contributed by atoms with van der Waals surface area (Å²) >= 11 is 0. The van der Waals surface area contributed by atoms with Crippen LogP contribution in [0, 0.1) is 0 Å². The molecule has 10 nitrogen and oxygen atoms in total. The number of unbranched alkanes of at least 4 members (excludes halogenated alkanes) is 2. The molecule has 3 aromatic rings. The maximum Gasteiger partial charge on any atom is 0.295 e. The van der Waals surface area contributed by atoms with Crippen LogP contribution in [0.25, 0.3) is 5.76 Å². The summed E-state index contributed by atoms with van der Waals surface area (Å²) in [6.07, 6.45) is 8.90. The zero-order valence-corrected chi connectivity index (χ0v) is 23.4. The molecule has 1 N–H and O–H groups in total. The van der Waals surface area contributed by atoms with Crippen LogP contribution < -0.4 is 18.9 Å². The number of amides is 1. The number of rotatable bonds is 12. The number of imidazole rings is 1. The Morgan fingerprint density at radius 1 is 1.02 bits per heavy atom. The zero-order chi connectivity index (χ0) is 28.8. The number of carbonyl (C=O) groups excluding carboxylic acids is 2. The minimum absolute atomic E-state index is 0.00739. The molecule has 0 spiro atoms. The fourth-order valence-corrected chi connectivity index (χ4v) is 5.15. The van der Waals surface area contributed by atoms with E-state index in [0.29, 0.717) is 73.5 Å². The summed E-state index contributed by atoms with van der Waals surface area (Å²) in [5, 5.41) is 11.5. The Balaban J connectivity index is 1.51. The Labute approximate surface area is 239 Å². The number of hydrogen-bond acceptors (Lipinski definition) is 8. The highest BCUT2D eigenvalue weighted by Crippen LogP contribution is 2.43. The lowest BCUT2D eigenvalue weighted by Gasteiger charge is -2.26. The van der Waals surface area contributed by atoms with Gasteiger partial charge in [0.05, 0.1) is 31.7 Å². The Hall–Kier alpha value is -4.47. The number of likely N-dealkylation sites (tertiary alicyclic amines) is 1. The maximum atomic E-state index is 13.5. The van der Waals surface area contributed by atoms with Crippen LogP contribution in [0.15, 0.2) is 60.7 Å². The predicted molar refractivity (Wildman–Crippen MR) is 151 cm³/mol. The summed E-state index contributed by atoms with van der Waals surface area (Å²) in [6, 6.07) is 9.51. The van der Waals surface area contributed by atoms with Gasteiger partial charge < -0.3 is 33.5 Å². The van der Waals surface area contributed by atoms with Gasteiger partial charge in [-0.05, 0) is 48.7 Å². The van der Waals surface area contributed by atoms with Gasteiger partial charge in [-0.15, -0.1) is 0 Å². The summed E-state index contributed by atoms with van der Waals surface area (Å²) < 4.78 is 24.8. The fraction of sp³-hybridized carbons (Fsp3) is 0.387. The first-order valence-corrected chi connectivity index (χ1v) is 14.0. The average Bonchev–Trinajstić information content (AvgIpc) is 3.61. The summed E-state index contributed by atoms with van der Waals surface area (Å²) in [5.41, 5.74) is 0.996. The molecule has 0 aliphatic carbocycles. The second kappa shape index (κ2) is 12.8. The Bertz CT molecular complexity index is 1420. The molecule has 2 aliphatic rings. The van der Waals surface area contributed by atoms with Crippen LogP contribution in [0.3, 0.4) is 0 Å². The number of aryl methyl sites for hydroxylation is 1. The minimum Gasteiger partial charge on any atom is -0.507 e. The van der Waals surface area contributed by atoms with Crippen LogP contribution in [0.5, 0.6) is 23.0 Å². The highest BCUT2D eigenvalue weighted by atomic mass is 16.6. The van der Waals surface area contributed by atoms with Crippen molar-refractivity contribution in [2.45, 2.75) is 45.2 Å². The maximum absolute atomic E-state index is 13.5. The largest absolute Gasteiger partial charge is 0.507 e. The van der Waals surface area contributed by atoms with Crippen molar-refractivity contribution in [3.8, 4) is 23.0 Å². The summed E-state index contributed by atoms with van der Waals surface area (Å²) in [6.45, 7) is 4.41. The Kier molecular flexibility index (Phi) is 8.76. The Morgan fingerprint density at radius 3 is 2.61 bits per heavy atom. The van der Waals surface area contributed by atoms with E-state index in [0.717, 1.165) is 19.3 Å². The number of aromatic nitrogens is 2. The first-order chi connectivity index (χ1) is 20.0. The van der Waals surface area contributed by atoms with Crippen LogP contribution in [0.2, 0.25) is 0 Å². The number of ketones is 1. The number of hydrogen-bond donors (Lipinski definition) is 1. The van der Waals surface area contributed by atoms with Gasteiger partial charge in [0.25, 0.3) is 11.7 Å². The van der Waals surface area contributed by atoms with Crippen molar-refractivity contribution in [3.63, 3.8) is 0 Å². The number of aliphatic hydroxyl groups excluding tert-OH is 1. The van der Waals surface area contributed by atoms with Crippen molar-refractivity contribution in [1.82, 2.24) is 14.5 Å². The van der Waals surface area contributed by atoms with E-state index in [1.807, 2.05) is 16.8 Å². The SMILES string of the molecule is CCCCCOc1ccc([C@@H]2C(=C(O)c3ccc4c(c3)OCCO4)C(=O)C(=O)N2CCCn2ccnc2)cc1OC. The molecule has 1 aromatic heterocycles. The van der Waals surface area contributed by atoms with Crippen molar-refractivity contribution in [2.24, 2.45) is 0 Å². The summed E-state index contributed by atoms with van der Waals surface area (Å²) in [4.78, 5) is 32.5. The van der Waals surface area contributed by atoms with Gasteiger partial charge in [-0.3, -0.25) is 9.59 Å². The van der Waals surface area contributed by atoms with E-state index in [1.165, 1.54) is 4.90 Å². The lowest BCUT2D eigenvalue weighted by molar-refractivity contribution is -0.139. The predicted octanol–water partition coefficient (Wildman–Crippen LogP) is 4.74. The number of carbonyl (C=O) groups is 2. The second-order valence-electron chi connectivity index (χ2n) is 9.97. The van der Waals surface area contributed by atoms with Crippen molar-refractivity contribution < 1.29 is 33.6 Å². The molecule has 1 fully saturated rings. The highest BCUT2D eigenvalue weighted by molar-refractivity contribution is 6.46. The summed E-state index contributed by atoms with van der Waals surface area (Å²) in [5.74, 6) is 0.406. The lowest BCUT2D eigenvalue weighted by atomic mass is 9.94. The number of ether oxygens (including phenoxy) is 4. The molecule has 0 radical (unpaired) electrons. The number of Topliss-reactive ketones (excluding diaryl/α,β-unsaturated/α-hetero) is 1. The van der Waals surface area contributed by atoms with Crippen LogP contribution >= 0.6 is 0 Å². The van der Waals surface area contributed by atoms with Crippen molar-refractivity contribution in [3.05, 3.63) is 71.8 Å². The van der Waals surface area contributed by atoms with Gasteiger partial charge in [0.15, 0.2) is 23.0 Å². The van der Waals surface area contributed by atoms with Gasteiger partial charge in [0, 0.05) is 31.0 Å². The molecular formula is C31H35N3O7. The molecule has 3 heterocycles. The van der Waals surface area contributed by atoms with Crippen LogP contribution in [0.1, 0.15) is 49.8 Å². The smallest absolute Gasteiger partial charge is 0.295 e. The van der Waals surface area contributed by atoms with Crippen LogP contribution in [0.4, 0.5) is 0 Å². The minimum atomic E-state index is -0.825. The monoisotopic (exact) mass is 561 g/mol.